The minimum absolute atomic E-state index is 0.147. The summed E-state index contributed by atoms with van der Waals surface area (Å²) in [5.41, 5.74) is 1.88. The van der Waals surface area contributed by atoms with Crippen molar-refractivity contribution in [3.05, 3.63) is 60.2 Å². The van der Waals surface area contributed by atoms with Gasteiger partial charge in [0.05, 0.1) is 10.9 Å². The van der Waals surface area contributed by atoms with E-state index in [1.54, 1.807) is 18.2 Å². The lowest BCUT2D eigenvalue weighted by atomic mass is 10.0. The van der Waals surface area contributed by atoms with Crippen molar-refractivity contribution in [2.75, 3.05) is 46.1 Å². The van der Waals surface area contributed by atoms with E-state index >= 15 is 0 Å². The van der Waals surface area contributed by atoms with Gasteiger partial charge in [-0.3, -0.25) is 0 Å². The summed E-state index contributed by atoms with van der Waals surface area (Å²) in [7, 11) is 1.66. The number of nitrogens with one attached hydrogen (secondary N) is 1. The monoisotopic (exact) mass is 418 g/mol. The molecule has 6 nitrogen and oxygen atoms in total. The smallest absolute Gasteiger partial charge is 0.242 e. The van der Waals surface area contributed by atoms with Crippen molar-refractivity contribution < 1.29 is 8.42 Å². The van der Waals surface area contributed by atoms with Gasteiger partial charge in [0.1, 0.15) is 0 Å². The third kappa shape index (κ3) is 4.52. The van der Waals surface area contributed by atoms with Gasteiger partial charge in [-0.1, -0.05) is 36.4 Å². The third-order valence-corrected chi connectivity index (χ3v) is 7.04. The highest BCUT2D eigenvalue weighted by molar-refractivity contribution is 7.89. The van der Waals surface area contributed by atoms with Gasteiger partial charge < -0.3 is 15.1 Å². The van der Waals surface area contributed by atoms with Crippen LogP contribution in [0.2, 0.25) is 0 Å². The molecule has 0 unspecified atom stereocenters. The van der Waals surface area contributed by atoms with Crippen LogP contribution in [0.1, 0.15) is 11.6 Å². The molecular formula is C20H26N4O2S2. The fourth-order valence-electron chi connectivity index (χ4n) is 3.26. The van der Waals surface area contributed by atoms with Crippen LogP contribution in [-0.4, -0.2) is 68.4 Å². The van der Waals surface area contributed by atoms with Gasteiger partial charge in [0.15, 0.2) is 5.11 Å². The van der Waals surface area contributed by atoms with Gasteiger partial charge in [0, 0.05) is 39.4 Å². The number of hydrogen-bond donors (Lipinski definition) is 1. The molecule has 1 heterocycles. The van der Waals surface area contributed by atoms with Crippen LogP contribution in [0.5, 0.6) is 0 Å². The molecule has 1 aliphatic rings. The second kappa shape index (κ2) is 8.57. The molecule has 0 radical (unpaired) electrons. The molecule has 2 aromatic carbocycles. The lowest BCUT2D eigenvalue weighted by Crippen LogP contribution is -2.50. The zero-order chi connectivity index (χ0) is 20.3. The Bertz CT molecular complexity index is 932. The third-order valence-electron chi connectivity index (χ3n) is 4.89. The molecule has 1 fully saturated rings. The number of benzene rings is 2. The predicted molar refractivity (Wildman–Crippen MR) is 117 cm³/mol. The number of rotatable bonds is 4. The highest BCUT2D eigenvalue weighted by Crippen LogP contribution is 2.26. The summed E-state index contributed by atoms with van der Waals surface area (Å²) in [6, 6.07) is 17.2. The molecule has 1 aliphatic heterocycles. The number of sulfonamides is 1. The van der Waals surface area contributed by atoms with Crippen LogP contribution >= 0.6 is 12.2 Å². The molecule has 0 bridgehead atoms. The van der Waals surface area contributed by atoms with Crippen LogP contribution in [0.4, 0.5) is 5.69 Å². The van der Waals surface area contributed by atoms with E-state index in [0.29, 0.717) is 10.8 Å². The largest absolute Gasteiger partial charge is 0.339 e. The van der Waals surface area contributed by atoms with Crippen molar-refractivity contribution in [1.82, 2.24) is 14.1 Å². The van der Waals surface area contributed by atoms with Crippen molar-refractivity contribution in [3.63, 3.8) is 0 Å². The van der Waals surface area contributed by atoms with Crippen LogP contribution < -0.4 is 5.32 Å². The molecule has 0 saturated carbocycles. The van der Waals surface area contributed by atoms with Crippen LogP contribution in [-0.2, 0) is 10.0 Å². The summed E-state index contributed by atoms with van der Waals surface area (Å²) in [5.74, 6) is 0. The Morgan fingerprint density at radius 2 is 1.82 bits per heavy atom. The van der Waals surface area contributed by atoms with Gasteiger partial charge in [0.2, 0.25) is 10.0 Å². The highest BCUT2D eigenvalue weighted by Gasteiger charge is 2.28. The SMILES string of the molecule is CN1CCN(C(=S)Nc2cccc(S(=O)(=O)N(C)C)c2)[C@@H](c2ccccc2)C1. The summed E-state index contributed by atoms with van der Waals surface area (Å²) in [4.78, 5) is 4.71. The first-order valence-electron chi connectivity index (χ1n) is 9.13. The van der Waals surface area contributed by atoms with Crippen LogP contribution in [0.25, 0.3) is 0 Å². The quantitative estimate of drug-likeness (QED) is 0.771. The van der Waals surface area contributed by atoms with Crippen LogP contribution in [0.3, 0.4) is 0 Å². The molecule has 0 amide bonds. The molecule has 150 valence electrons. The predicted octanol–water partition coefficient (Wildman–Crippen LogP) is 2.62. The number of nitrogens with zero attached hydrogens (tertiary/aromatic N) is 3. The molecule has 28 heavy (non-hydrogen) atoms. The number of piperazine rings is 1. The summed E-state index contributed by atoms with van der Waals surface area (Å²) >= 11 is 5.70. The Hall–Kier alpha value is -2.00. The van der Waals surface area contributed by atoms with E-state index in [1.165, 1.54) is 24.0 Å². The lowest BCUT2D eigenvalue weighted by molar-refractivity contribution is 0.153. The average molecular weight is 419 g/mol. The van der Waals surface area contributed by atoms with Gasteiger partial charge in [0.25, 0.3) is 0 Å². The minimum atomic E-state index is -3.49. The Labute approximate surface area is 172 Å². The van der Waals surface area contributed by atoms with E-state index in [-0.39, 0.29) is 10.9 Å². The molecule has 1 N–H and O–H groups in total. The van der Waals surface area contributed by atoms with Crippen LogP contribution in [0.15, 0.2) is 59.5 Å². The van der Waals surface area contributed by atoms with E-state index in [0.717, 1.165) is 19.6 Å². The maximum absolute atomic E-state index is 12.4. The van der Waals surface area contributed by atoms with Gasteiger partial charge in [-0.25, -0.2) is 12.7 Å². The first kappa shape index (κ1) is 20.7. The molecule has 8 heteroatoms. The topological polar surface area (TPSA) is 55.9 Å². The average Bonchev–Trinajstić information content (AvgIpc) is 2.68. The molecule has 1 atom stereocenters. The fourth-order valence-corrected chi connectivity index (χ4v) is 4.55. The van der Waals surface area contributed by atoms with Crippen molar-refractivity contribution >= 4 is 33.0 Å². The molecule has 0 aromatic heterocycles. The summed E-state index contributed by atoms with van der Waals surface area (Å²) in [6.07, 6.45) is 0. The fraction of sp³-hybridized carbons (Fsp3) is 0.350. The van der Waals surface area contributed by atoms with Gasteiger partial charge in [-0.05, 0) is 43.0 Å². The molecule has 1 saturated heterocycles. The normalized spacial score (nSPS) is 18.3. The van der Waals surface area contributed by atoms with Crippen molar-refractivity contribution in [3.8, 4) is 0 Å². The number of likely N-dealkylation sites (N-methyl/N-ethyl adjacent to an activating group) is 1. The Kier molecular flexibility index (Phi) is 6.34. The highest BCUT2D eigenvalue weighted by atomic mass is 32.2. The van der Waals surface area contributed by atoms with Crippen molar-refractivity contribution in [2.24, 2.45) is 0 Å². The second-order valence-corrected chi connectivity index (χ2v) is 9.67. The van der Waals surface area contributed by atoms with Crippen molar-refractivity contribution in [1.29, 1.82) is 0 Å². The lowest BCUT2D eigenvalue weighted by Gasteiger charge is -2.41. The summed E-state index contributed by atoms with van der Waals surface area (Å²) < 4.78 is 26.0. The number of thiocarbonyl (C=S) groups is 1. The molecule has 0 aliphatic carbocycles. The van der Waals surface area contributed by atoms with E-state index in [2.05, 4.69) is 34.3 Å². The number of hydrogen-bond acceptors (Lipinski definition) is 4. The molecule has 2 aromatic rings. The van der Waals surface area contributed by atoms with Gasteiger partial charge >= 0.3 is 0 Å². The first-order valence-corrected chi connectivity index (χ1v) is 11.0. The molecule has 3 rings (SSSR count). The van der Waals surface area contributed by atoms with E-state index in [1.807, 2.05) is 24.3 Å². The Morgan fingerprint density at radius 3 is 2.50 bits per heavy atom. The first-order chi connectivity index (χ1) is 13.3. The summed E-state index contributed by atoms with van der Waals surface area (Å²) in [5, 5.41) is 3.83. The number of anilines is 1. The van der Waals surface area contributed by atoms with E-state index in [4.69, 9.17) is 12.2 Å². The Morgan fingerprint density at radius 1 is 1.11 bits per heavy atom. The molecule has 0 spiro atoms. The van der Waals surface area contributed by atoms with Crippen LogP contribution in [0, 0.1) is 0 Å². The molecular weight excluding hydrogens is 392 g/mol. The summed E-state index contributed by atoms with van der Waals surface area (Å²) in [6.45, 7) is 2.60. The maximum Gasteiger partial charge on any atom is 0.242 e. The standard InChI is InChI=1S/C20H26N4O2S2/c1-22(2)28(25,26)18-11-7-10-17(14-18)21-20(27)24-13-12-23(3)15-19(24)16-8-5-4-6-9-16/h4-11,14,19H,12-13,15H2,1-3H3,(H,21,27)/t19-/m1/s1. The van der Waals surface area contributed by atoms with E-state index < -0.39 is 10.0 Å². The van der Waals surface area contributed by atoms with E-state index in [9.17, 15) is 8.42 Å². The maximum atomic E-state index is 12.4. The second-order valence-electron chi connectivity index (χ2n) is 7.13. The van der Waals surface area contributed by atoms with Gasteiger partial charge in [-0.15, -0.1) is 0 Å². The zero-order valence-electron chi connectivity index (χ0n) is 16.4. The minimum Gasteiger partial charge on any atom is -0.339 e. The Balaban J connectivity index is 1.82. The zero-order valence-corrected chi connectivity index (χ0v) is 18.0. The van der Waals surface area contributed by atoms with Crippen molar-refractivity contribution in [2.45, 2.75) is 10.9 Å². The van der Waals surface area contributed by atoms with Gasteiger partial charge in [-0.2, -0.15) is 0 Å².